The van der Waals surface area contributed by atoms with Crippen molar-refractivity contribution in [3.63, 3.8) is 0 Å². The van der Waals surface area contributed by atoms with Crippen LogP contribution in [0.25, 0.3) is 0 Å². The van der Waals surface area contributed by atoms with Gasteiger partial charge in [0.25, 0.3) is 0 Å². The molecule has 2 aromatic rings. The average molecular weight is 392 g/mol. The van der Waals surface area contributed by atoms with Gasteiger partial charge < -0.3 is 4.74 Å². The molecule has 0 radical (unpaired) electrons. The van der Waals surface area contributed by atoms with E-state index in [0.29, 0.717) is 0 Å². The van der Waals surface area contributed by atoms with Crippen molar-refractivity contribution in [2.45, 2.75) is 11.4 Å². The van der Waals surface area contributed by atoms with Gasteiger partial charge in [-0.15, -0.1) is 0 Å². The van der Waals surface area contributed by atoms with E-state index in [9.17, 15) is 17.6 Å². The van der Waals surface area contributed by atoms with Crippen LogP contribution in [0.5, 0.6) is 0 Å². The van der Waals surface area contributed by atoms with Gasteiger partial charge in [0.2, 0.25) is 10.0 Å². The average Bonchev–Trinajstić information content (AvgIpc) is 2.52. The maximum atomic E-state index is 14.0. The second kappa shape index (κ2) is 7.48. The van der Waals surface area contributed by atoms with Crippen LogP contribution in [0.3, 0.4) is 0 Å². The topological polar surface area (TPSA) is 72.5 Å². The molecule has 0 spiro atoms. The number of esters is 1. The van der Waals surface area contributed by atoms with E-state index in [1.165, 1.54) is 37.4 Å². The number of methoxy groups -OCH3 is 1. The molecule has 128 valence electrons. The molecule has 1 N–H and O–H groups in total. The van der Waals surface area contributed by atoms with Crippen LogP contribution in [-0.2, 0) is 21.3 Å². The number of carbonyl (C=O) groups is 1. The predicted octanol–water partition coefficient (Wildman–Crippen LogP) is 3.40. The minimum absolute atomic E-state index is 0.0308. The summed E-state index contributed by atoms with van der Waals surface area (Å²) in [5.74, 6) is -1.42. The Morgan fingerprint density at radius 1 is 1.17 bits per heavy atom. The monoisotopic (exact) mass is 391 g/mol. The number of rotatable bonds is 5. The van der Waals surface area contributed by atoms with Crippen LogP contribution in [-0.4, -0.2) is 21.5 Å². The molecule has 2 aromatic carbocycles. The maximum Gasteiger partial charge on any atom is 0.337 e. The van der Waals surface area contributed by atoms with Gasteiger partial charge in [0.05, 0.1) is 17.6 Å². The van der Waals surface area contributed by atoms with E-state index in [-0.39, 0.29) is 32.6 Å². The van der Waals surface area contributed by atoms with E-state index in [1.807, 2.05) is 0 Å². The summed E-state index contributed by atoms with van der Waals surface area (Å²) in [5, 5.41) is 0.327. The minimum Gasteiger partial charge on any atom is -0.465 e. The van der Waals surface area contributed by atoms with E-state index in [4.69, 9.17) is 23.2 Å². The molecule has 0 amide bonds. The molecule has 0 saturated carbocycles. The standard InChI is InChI=1S/C15H12Cl2FNO4S/c1-23-15(20)9-2-3-10(14(18)4-9)8-19-24(21,22)13-6-11(16)5-12(17)7-13/h2-7,19H,8H2,1H3. The Kier molecular flexibility index (Phi) is 5.82. The van der Waals surface area contributed by atoms with Crippen LogP contribution < -0.4 is 4.72 Å². The van der Waals surface area contributed by atoms with E-state index < -0.39 is 21.8 Å². The summed E-state index contributed by atoms with van der Waals surface area (Å²) < 4.78 is 45.1. The second-order valence-electron chi connectivity index (χ2n) is 4.73. The van der Waals surface area contributed by atoms with Crippen LogP contribution in [0.1, 0.15) is 15.9 Å². The van der Waals surface area contributed by atoms with Crippen molar-refractivity contribution in [3.05, 3.63) is 63.4 Å². The molecule has 0 atom stereocenters. The van der Waals surface area contributed by atoms with Crippen molar-refractivity contribution in [3.8, 4) is 0 Å². The molecule has 0 saturated heterocycles. The van der Waals surface area contributed by atoms with Gasteiger partial charge in [-0.1, -0.05) is 29.3 Å². The van der Waals surface area contributed by atoms with E-state index in [0.717, 1.165) is 6.07 Å². The highest BCUT2D eigenvalue weighted by atomic mass is 35.5. The molecular formula is C15H12Cl2FNO4S. The zero-order valence-electron chi connectivity index (χ0n) is 12.3. The highest BCUT2D eigenvalue weighted by Gasteiger charge is 2.17. The summed E-state index contributed by atoms with van der Waals surface area (Å²) in [6.45, 7) is -0.306. The highest BCUT2D eigenvalue weighted by Crippen LogP contribution is 2.22. The number of hydrogen-bond donors (Lipinski definition) is 1. The second-order valence-corrected chi connectivity index (χ2v) is 7.37. The molecule has 0 bridgehead atoms. The Morgan fingerprint density at radius 3 is 2.33 bits per heavy atom. The largest absolute Gasteiger partial charge is 0.465 e. The molecule has 5 nitrogen and oxygen atoms in total. The van der Waals surface area contributed by atoms with E-state index in [1.54, 1.807) is 0 Å². The molecule has 0 unspecified atom stereocenters. The van der Waals surface area contributed by atoms with Crippen molar-refractivity contribution < 1.29 is 22.3 Å². The SMILES string of the molecule is COC(=O)c1ccc(CNS(=O)(=O)c2cc(Cl)cc(Cl)c2)c(F)c1. The Hall–Kier alpha value is -1.67. The molecule has 0 fully saturated rings. The number of sulfonamides is 1. The minimum atomic E-state index is -3.93. The summed E-state index contributed by atoms with van der Waals surface area (Å²) in [7, 11) is -2.75. The third kappa shape index (κ3) is 4.45. The molecule has 0 heterocycles. The van der Waals surface area contributed by atoms with Crippen LogP contribution >= 0.6 is 23.2 Å². The quantitative estimate of drug-likeness (QED) is 0.792. The Balaban J connectivity index is 2.19. The van der Waals surface area contributed by atoms with Crippen molar-refractivity contribution in [1.29, 1.82) is 0 Å². The third-order valence-corrected chi connectivity index (χ3v) is 4.89. The lowest BCUT2D eigenvalue weighted by molar-refractivity contribution is 0.0600. The number of halogens is 3. The summed E-state index contributed by atoms with van der Waals surface area (Å²) in [4.78, 5) is 11.2. The Bertz CT molecular complexity index is 867. The first-order valence-corrected chi connectivity index (χ1v) is 8.79. The zero-order chi connectivity index (χ0) is 17.9. The molecule has 0 aromatic heterocycles. The maximum absolute atomic E-state index is 14.0. The molecule has 24 heavy (non-hydrogen) atoms. The van der Waals surface area contributed by atoms with Gasteiger partial charge in [0, 0.05) is 22.2 Å². The molecule has 2 rings (SSSR count). The lowest BCUT2D eigenvalue weighted by atomic mass is 10.1. The normalized spacial score (nSPS) is 11.3. The zero-order valence-corrected chi connectivity index (χ0v) is 14.7. The third-order valence-electron chi connectivity index (χ3n) is 3.07. The first-order valence-electron chi connectivity index (χ1n) is 6.55. The summed E-state index contributed by atoms with van der Waals surface area (Å²) in [6, 6.07) is 7.47. The highest BCUT2D eigenvalue weighted by molar-refractivity contribution is 7.89. The van der Waals surface area contributed by atoms with Gasteiger partial charge in [0.1, 0.15) is 5.82 Å². The van der Waals surface area contributed by atoms with Gasteiger partial charge in [-0.05, 0) is 30.3 Å². The number of nitrogens with one attached hydrogen (secondary N) is 1. The van der Waals surface area contributed by atoms with Crippen molar-refractivity contribution in [2.24, 2.45) is 0 Å². The molecular weight excluding hydrogens is 380 g/mol. The summed E-state index contributed by atoms with van der Waals surface area (Å²) in [5.41, 5.74) is 0.0996. The van der Waals surface area contributed by atoms with E-state index >= 15 is 0 Å². The fourth-order valence-corrected chi connectivity index (χ4v) is 3.61. The van der Waals surface area contributed by atoms with Gasteiger partial charge in [-0.25, -0.2) is 22.3 Å². The van der Waals surface area contributed by atoms with Gasteiger partial charge in [0.15, 0.2) is 0 Å². The Morgan fingerprint density at radius 2 is 1.79 bits per heavy atom. The molecule has 0 aliphatic rings. The lowest BCUT2D eigenvalue weighted by Gasteiger charge is -2.09. The van der Waals surface area contributed by atoms with Gasteiger partial charge in [-0.3, -0.25) is 0 Å². The summed E-state index contributed by atoms with van der Waals surface area (Å²) >= 11 is 11.6. The van der Waals surface area contributed by atoms with Crippen LogP contribution in [0, 0.1) is 5.82 Å². The first kappa shape index (κ1) is 18.7. The summed E-state index contributed by atoms with van der Waals surface area (Å²) in [6.07, 6.45) is 0. The number of hydrogen-bond acceptors (Lipinski definition) is 4. The van der Waals surface area contributed by atoms with Crippen LogP contribution in [0.15, 0.2) is 41.3 Å². The fourth-order valence-electron chi connectivity index (χ4n) is 1.88. The van der Waals surface area contributed by atoms with Crippen molar-refractivity contribution >= 4 is 39.2 Å². The number of benzene rings is 2. The smallest absolute Gasteiger partial charge is 0.337 e. The van der Waals surface area contributed by atoms with Crippen molar-refractivity contribution in [2.75, 3.05) is 7.11 Å². The lowest BCUT2D eigenvalue weighted by Crippen LogP contribution is -2.24. The van der Waals surface area contributed by atoms with Crippen LogP contribution in [0.2, 0.25) is 10.0 Å². The fraction of sp³-hybridized carbons (Fsp3) is 0.133. The Labute approximate surface area is 148 Å². The molecule has 0 aliphatic heterocycles. The first-order chi connectivity index (χ1) is 11.2. The number of carbonyl (C=O) groups excluding carboxylic acids is 1. The molecule has 0 aliphatic carbocycles. The van der Waals surface area contributed by atoms with Crippen molar-refractivity contribution in [1.82, 2.24) is 4.72 Å². The van der Waals surface area contributed by atoms with Crippen LogP contribution in [0.4, 0.5) is 4.39 Å². The van der Waals surface area contributed by atoms with Gasteiger partial charge in [-0.2, -0.15) is 0 Å². The predicted molar refractivity (Wildman–Crippen MR) is 88.2 cm³/mol. The molecule has 9 heteroatoms. The van der Waals surface area contributed by atoms with Gasteiger partial charge >= 0.3 is 5.97 Å². The van der Waals surface area contributed by atoms with E-state index in [2.05, 4.69) is 9.46 Å². The number of ether oxygens (including phenoxy) is 1.